The monoisotopic (exact) mass is 210 g/mol. The molecule has 0 N–H and O–H groups in total. The van der Waals surface area contributed by atoms with Crippen LogP contribution >= 0.6 is 0 Å². The van der Waals surface area contributed by atoms with Crippen LogP contribution in [-0.4, -0.2) is 13.1 Å². The van der Waals surface area contributed by atoms with Gasteiger partial charge in [-0.05, 0) is 30.6 Å². The molecule has 0 aromatic rings. The molecule has 1 aliphatic rings. The summed E-state index contributed by atoms with van der Waals surface area (Å²) in [5.74, 6) is 0.634. The van der Waals surface area contributed by atoms with E-state index in [1.807, 2.05) is 0 Å². The van der Waals surface area contributed by atoms with Gasteiger partial charge in [-0.25, -0.2) is 0 Å². The highest BCUT2D eigenvalue weighted by Crippen LogP contribution is 2.37. The number of carbonyl (C=O) groups excluding carboxylic acids is 1. The molecular weight excluding hydrogens is 188 g/mol. The molecule has 1 atom stereocenters. The molecule has 0 spiro atoms. The van der Waals surface area contributed by atoms with Gasteiger partial charge in [0.1, 0.15) is 0 Å². The van der Waals surface area contributed by atoms with Crippen molar-refractivity contribution in [1.82, 2.24) is 0 Å². The van der Waals surface area contributed by atoms with E-state index in [2.05, 4.69) is 31.6 Å². The molecule has 0 bridgehead atoms. The minimum absolute atomic E-state index is 0.115. The zero-order chi connectivity index (χ0) is 11.5. The van der Waals surface area contributed by atoms with Crippen LogP contribution in [0.5, 0.6) is 0 Å². The van der Waals surface area contributed by atoms with Crippen LogP contribution < -0.4 is 0 Å². The van der Waals surface area contributed by atoms with Crippen molar-refractivity contribution in [3.63, 3.8) is 0 Å². The first-order valence-corrected chi connectivity index (χ1v) is 5.68. The molecule has 0 amide bonds. The fourth-order valence-corrected chi connectivity index (χ4v) is 2.09. The summed E-state index contributed by atoms with van der Waals surface area (Å²) >= 11 is 0. The second-order valence-electron chi connectivity index (χ2n) is 5.45. The normalized spacial score (nSPS) is 22.1. The molecule has 0 fully saturated rings. The van der Waals surface area contributed by atoms with Crippen LogP contribution in [0.25, 0.3) is 0 Å². The quantitative estimate of drug-likeness (QED) is 0.516. The summed E-state index contributed by atoms with van der Waals surface area (Å²) in [5, 5.41) is 0. The number of carbonyl (C=O) groups is 1. The van der Waals surface area contributed by atoms with E-state index in [9.17, 15) is 4.79 Å². The van der Waals surface area contributed by atoms with Gasteiger partial charge in [0.25, 0.3) is 0 Å². The molecule has 2 nitrogen and oxygen atoms in total. The minimum atomic E-state index is -0.115. The molecule has 0 aromatic carbocycles. The van der Waals surface area contributed by atoms with Gasteiger partial charge in [-0.1, -0.05) is 32.4 Å². The van der Waals surface area contributed by atoms with Crippen LogP contribution in [0.3, 0.4) is 0 Å². The number of allylic oxidation sites excluding steroid dienone is 1. The fraction of sp³-hybridized carbons (Fsp3) is 0.769. The topological polar surface area (TPSA) is 26.3 Å². The third kappa shape index (κ3) is 3.69. The zero-order valence-corrected chi connectivity index (χ0v) is 10.3. The van der Waals surface area contributed by atoms with E-state index < -0.39 is 0 Å². The van der Waals surface area contributed by atoms with Gasteiger partial charge >= 0.3 is 5.97 Å². The number of rotatable bonds is 2. The van der Waals surface area contributed by atoms with Crippen LogP contribution in [0.1, 0.15) is 46.5 Å². The van der Waals surface area contributed by atoms with Crippen molar-refractivity contribution in [2.75, 3.05) is 7.11 Å². The van der Waals surface area contributed by atoms with E-state index in [1.165, 1.54) is 19.1 Å². The Balaban J connectivity index is 2.49. The molecule has 0 heterocycles. The van der Waals surface area contributed by atoms with E-state index in [4.69, 9.17) is 0 Å². The molecule has 1 aliphatic carbocycles. The Morgan fingerprint density at radius 1 is 1.53 bits per heavy atom. The Labute approximate surface area is 92.7 Å². The van der Waals surface area contributed by atoms with Crippen LogP contribution in [0, 0.1) is 11.3 Å². The molecule has 0 aliphatic heterocycles. The SMILES string of the molecule is COC(=O)CC1=CC[C@@H](C(C)(C)C)CC1. The molecule has 0 saturated heterocycles. The number of ether oxygens (including phenoxy) is 1. The van der Waals surface area contributed by atoms with Gasteiger partial charge in [0.15, 0.2) is 0 Å². The highest BCUT2D eigenvalue weighted by molar-refractivity contribution is 5.72. The first-order valence-electron chi connectivity index (χ1n) is 5.68. The first kappa shape index (κ1) is 12.3. The van der Waals surface area contributed by atoms with E-state index in [-0.39, 0.29) is 5.97 Å². The Hall–Kier alpha value is -0.790. The van der Waals surface area contributed by atoms with Gasteiger partial charge in [-0.3, -0.25) is 4.79 Å². The predicted octanol–water partition coefficient (Wildman–Crippen LogP) is 3.32. The smallest absolute Gasteiger partial charge is 0.309 e. The lowest BCUT2D eigenvalue weighted by Crippen LogP contribution is -2.22. The minimum Gasteiger partial charge on any atom is -0.469 e. The Kier molecular flexibility index (Phi) is 3.95. The molecule has 0 aromatic heterocycles. The summed E-state index contributed by atoms with van der Waals surface area (Å²) in [7, 11) is 1.45. The van der Waals surface area contributed by atoms with E-state index in [0.717, 1.165) is 18.8 Å². The molecule has 0 saturated carbocycles. The Bertz CT molecular complexity index is 258. The van der Waals surface area contributed by atoms with E-state index >= 15 is 0 Å². The molecule has 1 rings (SSSR count). The Morgan fingerprint density at radius 2 is 2.20 bits per heavy atom. The summed E-state index contributed by atoms with van der Waals surface area (Å²) in [6.45, 7) is 6.87. The average Bonchev–Trinajstić information content (AvgIpc) is 2.17. The summed E-state index contributed by atoms with van der Waals surface area (Å²) in [6.07, 6.45) is 6.07. The van der Waals surface area contributed by atoms with Crippen molar-refractivity contribution in [3.8, 4) is 0 Å². The average molecular weight is 210 g/mol. The lowest BCUT2D eigenvalue weighted by molar-refractivity contribution is -0.139. The van der Waals surface area contributed by atoms with Crippen LogP contribution in [0.4, 0.5) is 0 Å². The number of hydrogen-bond donors (Lipinski definition) is 0. The van der Waals surface area contributed by atoms with Crippen molar-refractivity contribution >= 4 is 5.97 Å². The molecule has 0 unspecified atom stereocenters. The third-order valence-corrected chi connectivity index (χ3v) is 3.33. The zero-order valence-electron chi connectivity index (χ0n) is 10.3. The standard InChI is InChI=1S/C13H22O2/c1-13(2,3)11-7-5-10(6-8-11)9-12(14)15-4/h5,11H,6-9H2,1-4H3/t11-/m1/s1. The summed E-state index contributed by atoms with van der Waals surface area (Å²) < 4.78 is 4.67. The van der Waals surface area contributed by atoms with E-state index in [1.54, 1.807) is 0 Å². The highest BCUT2D eigenvalue weighted by atomic mass is 16.5. The second kappa shape index (κ2) is 4.82. The van der Waals surface area contributed by atoms with Crippen molar-refractivity contribution in [3.05, 3.63) is 11.6 Å². The molecule has 15 heavy (non-hydrogen) atoms. The van der Waals surface area contributed by atoms with Crippen molar-refractivity contribution in [2.45, 2.75) is 46.5 Å². The van der Waals surface area contributed by atoms with E-state index in [0.29, 0.717) is 11.8 Å². The number of methoxy groups -OCH3 is 1. The summed E-state index contributed by atoms with van der Waals surface area (Å²) in [5.41, 5.74) is 1.63. The number of esters is 1. The van der Waals surface area contributed by atoms with Gasteiger partial charge < -0.3 is 4.74 Å². The van der Waals surface area contributed by atoms with Gasteiger partial charge in [0, 0.05) is 0 Å². The maximum atomic E-state index is 11.1. The maximum absolute atomic E-state index is 11.1. The molecular formula is C13H22O2. The maximum Gasteiger partial charge on any atom is 0.309 e. The van der Waals surface area contributed by atoms with Crippen molar-refractivity contribution in [1.29, 1.82) is 0 Å². The first-order chi connectivity index (χ1) is 6.93. The largest absolute Gasteiger partial charge is 0.469 e. The molecule has 2 heteroatoms. The Morgan fingerprint density at radius 3 is 2.60 bits per heavy atom. The van der Waals surface area contributed by atoms with Gasteiger partial charge in [0.2, 0.25) is 0 Å². The number of hydrogen-bond acceptors (Lipinski definition) is 2. The predicted molar refractivity (Wildman–Crippen MR) is 61.5 cm³/mol. The highest BCUT2D eigenvalue weighted by Gasteiger charge is 2.26. The van der Waals surface area contributed by atoms with Crippen molar-refractivity contribution in [2.24, 2.45) is 11.3 Å². The van der Waals surface area contributed by atoms with Crippen molar-refractivity contribution < 1.29 is 9.53 Å². The van der Waals surface area contributed by atoms with Gasteiger partial charge in [-0.2, -0.15) is 0 Å². The lowest BCUT2D eigenvalue weighted by atomic mass is 9.73. The van der Waals surface area contributed by atoms with Crippen LogP contribution in [-0.2, 0) is 9.53 Å². The van der Waals surface area contributed by atoms with Gasteiger partial charge in [-0.15, -0.1) is 0 Å². The van der Waals surface area contributed by atoms with Gasteiger partial charge in [0.05, 0.1) is 13.5 Å². The fourth-order valence-electron chi connectivity index (χ4n) is 2.09. The third-order valence-electron chi connectivity index (χ3n) is 3.33. The summed E-state index contributed by atoms with van der Waals surface area (Å²) in [4.78, 5) is 11.1. The lowest BCUT2D eigenvalue weighted by Gasteiger charge is -2.33. The summed E-state index contributed by atoms with van der Waals surface area (Å²) in [6, 6.07) is 0. The van der Waals surface area contributed by atoms with Crippen LogP contribution in [0.15, 0.2) is 11.6 Å². The molecule has 0 radical (unpaired) electrons. The second-order valence-corrected chi connectivity index (χ2v) is 5.45. The molecule has 86 valence electrons. The van der Waals surface area contributed by atoms with Crippen LogP contribution in [0.2, 0.25) is 0 Å².